The van der Waals surface area contributed by atoms with Crippen LogP contribution in [-0.4, -0.2) is 18.2 Å². The highest BCUT2D eigenvalue weighted by Crippen LogP contribution is 2.46. The molecule has 1 aromatic carbocycles. The van der Waals surface area contributed by atoms with Crippen LogP contribution >= 0.6 is 15.9 Å². The van der Waals surface area contributed by atoms with Crippen molar-refractivity contribution >= 4 is 22.0 Å². The van der Waals surface area contributed by atoms with E-state index >= 15 is 0 Å². The summed E-state index contributed by atoms with van der Waals surface area (Å²) >= 11 is 3.44. The lowest BCUT2D eigenvalue weighted by Crippen LogP contribution is -2.42. The number of halogens is 1. The Morgan fingerprint density at radius 2 is 2.21 bits per heavy atom. The summed E-state index contributed by atoms with van der Waals surface area (Å²) in [6, 6.07) is 7.98. The number of nitrogens with two attached hydrogens (primary N) is 1. The molecule has 5 heteroatoms. The van der Waals surface area contributed by atoms with Crippen LogP contribution in [0.15, 0.2) is 28.7 Å². The van der Waals surface area contributed by atoms with E-state index in [1.54, 1.807) is 0 Å². The summed E-state index contributed by atoms with van der Waals surface area (Å²) in [6.45, 7) is 3.84. The highest BCUT2D eigenvalue weighted by molar-refractivity contribution is 9.10. The Balaban J connectivity index is 1.97. The van der Waals surface area contributed by atoms with Crippen molar-refractivity contribution in [1.29, 1.82) is 0 Å². The third-order valence-corrected chi connectivity index (χ3v) is 3.54. The van der Waals surface area contributed by atoms with Crippen LogP contribution in [0.4, 0.5) is 4.79 Å². The number of ether oxygens (including phenoxy) is 1. The van der Waals surface area contributed by atoms with E-state index in [2.05, 4.69) is 21.2 Å². The zero-order chi connectivity index (χ0) is 14.1. The van der Waals surface area contributed by atoms with Crippen LogP contribution in [0.5, 0.6) is 0 Å². The van der Waals surface area contributed by atoms with Crippen molar-refractivity contribution in [2.75, 3.05) is 6.61 Å². The number of nitrogens with one attached hydrogen (secondary N) is 1. The van der Waals surface area contributed by atoms with E-state index in [4.69, 9.17) is 10.5 Å². The zero-order valence-corrected chi connectivity index (χ0v) is 12.8. The van der Waals surface area contributed by atoms with Crippen molar-refractivity contribution in [3.63, 3.8) is 0 Å². The lowest BCUT2D eigenvalue weighted by atomic mass is 10.1. The Morgan fingerprint density at radius 3 is 2.74 bits per heavy atom. The van der Waals surface area contributed by atoms with Crippen LogP contribution in [0.1, 0.15) is 32.3 Å². The Hall–Kier alpha value is -1.07. The molecular formula is C14H19BrN2O2. The average Bonchev–Trinajstić information content (AvgIpc) is 3.07. The number of benzene rings is 1. The first-order chi connectivity index (χ1) is 8.81. The van der Waals surface area contributed by atoms with Crippen molar-refractivity contribution in [3.8, 4) is 0 Å². The van der Waals surface area contributed by atoms with E-state index in [1.165, 1.54) is 0 Å². The van der Waals surface area contributed by atoms with E-state index < -0.39 is 11.6 Å². The molecule has 0 unspecified atom stereocenters. The molecule has 1 fully saturated rings. The second kappa shape index (κ2) is 5.13. The van der Waals surface area contributed by atoms with Crippen LogP contribution in [-0.2, 0) is 10.3 Å². The summed E-state index contributed by atoms with van der Waals surface area (Å²) in [6.07, 6.45) is 1.46. The fourth-order valence-electron chi connectivity index (χ4n) is 1.88. The number of hydrogen-bond donors (Lipinski definition) is 2. The van der Waals surface area contributed by atoms with Crippen LogP contribution in [0, 0.1) is 0 Å². The third kappa shape index (κ3) is 3.94. The molecule has 1 aromatic rings. The molecule has 104 valence electrons. The fraction of sp³-hybridized carbons (Fsp3) is 0.500. The maximum absolute atomic E-state index is 11.8. The van der Waals surface area contributed by atoms with Gasteiger partial charge in [-0.05, 0) is 44.4 Å². The number of amides is 1. The number of carbonyl (C=O) groups excluding carboxylic acids is 1. The maximum Gasteiger partial charge on any atom is 0.407 e. The monoisotopic (exact) mass is 326 g/mol. The first-order valence-electron chi connectivity index (χ1n) is 6.31. The van der Waals surface area contributed by atoms with Gasteiger partial charge >= 0.3 is 6.09 Å². The molecule has 0 bridgehead atoms. The second-order valence-corrected chi connectivity index (χ2v) is 6.70. The standard InChI is InChI=1S/C14H19BrN2O2/c1-13(2,16)9-19-12(18)17-14(6-7-14)10-4-3-5-11(15)8-10/h3-5,8H,6-7,9,16H2,1-2H3,(H,17,18). The lowest BCUT2D eigenvalue weighted by Gasteiger charge is -2.21. The Labute approximate surface area is 121 Å². The molecule has 19 heavy (non-hydrogen) atoms. The van der Waals surface area contributed by atoms with Crippen molar-refractivity contribution in [2.24, 2.45) is 5.73 Å². The van der Waals surface area contributed by atoms with Gasteiger partial charge in [-0.2, -0.15) is 0 Å². The first kappa shape index (κ1) is 14.3. The highest BCUT2D eigenvalue weighted by Gasteiger charge is 2.46. The van der Waals surface area contributed by atoms with E-state index in [0.29, 0.717) is 0 Å². The van der Waals surface area contributed by atoms with Gasteiger partial charge in [0.1, 0.15) is 6.61 Å². The quantitative estimate of drug-likeness (QED) is 0.894. The van der Waals surface area contributed by atoms with Gasteiger partial charge in [-0.15, -0.1) is 0 Å². The zero-order valence-electron chi connectivity index (χ0n) is 11.2. The van der Waals surface area contributed by atoms with E-state index in [9.17, 15) is 4.79 Å². The minimum absolute atomic E-state index is 0.202. The molecule has 0 heterocycles. The van der Waals surface area contributed by atoms with E-state index in [1.807, 2.05) is 38.1 Å². The van der Waals surface area contributed by atoms with Crippen molar-refractivity contribution in [3.05, 3.63) is 34.3 Å². The lowest BCUT2D eigenvalue weighted by molar-refractivity contribution is 0.120. The highest BCUT2D eigenvalue weighted by atomic mass is 79.9. The Bertz CT molecular complexity index is 479. The predicted octanol–water partition coefficient (Wildman–Crippen LogP) is 2.90. The molecule has 0 saturated heterocycles. The molecule has 1 aliphatic rings. The van der Waals surface area contributed by atoms with Gasteiger partial charge in [0.25, 0.3) is 0 Å². The largest absolute Gasteiger partial charge is 0.448 e. The van der Waals surface area contributed by atoms with Gasteiger partial charge in [-0.3, -0.25) is 0 Å². The molecule has 4 nitrogen and oxygen atoms in total. The molecule has 0 spiro atoms. The molecule has 1 aliphatic carbocycles. The van der Waals surface area contributed by atoms with Crippen LogP contribution in [0.25, 0.3) is 0 Å². The maximum atomic E-state index is 11.8. The Morgan fingerprint density at radius 1 is 1.53 bits per heavy atom. The summed E-state index contributed by atoms with van der Waals surface area (Å²) in [5, 5.41) is 2.95. The van der Waals surface area contributed by atoms with E-state index in [-0.39, 0.29) is 12.1 Å². The smallest absolute Gasteiger partial charge is 0.407 e. The van der Waals surface area contributed by atoms with Crippen LogP contribution in [0.3, 0.4) is 0 Å². The second-order valence-electron chi connectivity index (χ2n) is 5.78. The number of alkyl carbamates (subject to hydrolysis) is 1. The summed E-state index contributed by atoms with van der Waals surface area (Å²) < 4.78 is 6.16. The number of rotatable bonds is 4. The van der Waals surface area contributed by atoms with Gasteiger partial charge in [-0.25, -0.2) is 4.79 Å². The van der Waals surface area contributed by atoms with Gasteiger partial charge in [0.2, 0.25) is 0 Å². The molecule has 1 saturated carbocycles. The van der Waals surface area contributed by atoms with Crippen molar-refractivity contribution in [1.82, 2.24) is 5.32 Å². The van der Waals surface area contributed by atoms with Crippen LogP contribution in [0.2, 0.25) is 0 Å². The minimum atomic E-state index is -0.510. The van der Waals surface area contributed by atoms with Gasteiger partial charge in [0, 0.05) is 10.0 Å². The molecule has 3 N–H and O–H groups in total. The van der Waals surface area contributed by atoms with Crippen molar-refractivity contribution in [2.45, 2.75) is 37.8 Å². The van der Waals surface area contributed by atoms with Gasteiger partial charge < -0.3 is 15.8 Å². The summed E-state index contributed by atoms with van der Waals surface area (Å²) in [7, 11) is 0. The number of carbonyl (C=O) groups is 1. The van der Waals surface area contributed by atoms with Gasteiger partial charge in [-0.1, -0.05) is 28.1 Å². The molecular weight excluding hydrogens is 308 g/mol. The Kier molecular flexibility index (Phi) is 3.87. The minimum Gasteiger partial charge on any atom is -0.448 e. The van der Waals surface area contributed by atoms with Gasteiger partial charge in [0.15, 0.2) is 0 Å². The molecule has 2 rings (SSSR count). The van der Waals surface area contributed by atoms with E-state index in [0.717, 1.165) is 22.9 Å². The number of hydrogen-bond acceptors (Lipinski definition) is 3. The third-order valence-electron chi connectivity index (χ3n) is 3.04. The summed E-state index contributed by atoms with van der Waals surface area (Å²) in [5.41, 5.74) is 6.11. The SMILES string of the molecule is CC(C)(N)COC(=O)NC1(c2cccc(Br)c2)CC1. The predicted molar refractivity (Wildman–Crippen MR) is 77.8 cm³/mol. The normalized spacial score (nSPS) is 16.8. The van der Waals surface area contributed by atoms with Crippen molar-refractivity contribution < 1.29 is 9.53 Å². The fourth-order valence-corrected chi connectivity index (χ4v) is 2.28. The average molecular weight is 327 g/mol. The molecule has 0 aromatic heterocycles. The topological polar surface area (TPSA) is 64.3 Å². The van der Waals surface area contributed by atoms with Gasteiger partial charge in [0.05, 0.1) is 5.54 Å². The molecule has 1 amide bonds. The molecule has 0 atom stereocenters. The van der Waals surface area contributed by atoms with Crippen LogP contribution < -0.4 is 11.1 Å². The summed E-state index contributed by atoms with van der Waals surface area (Å²) in [4.78, 5) is 11.8. The molecule has 0 radical (unpaired) electrons. The summed E-state index contributed by atoms with van der Waals surface area (Å²) in [5.74, 6) is 0. The first-order valence-corrected chi connectivity index (χ1v) is 7.10. The molecule has 0 aliphatic heterocycles.